The Morgan fingerprint density at radius 2 is 1.87 bits per heavy atom. The molecule has 3 heteroatoms. The van der Waals surface area contributed by atoms with Gasteiger partial charge in [0.25, 0.3) is 0 Å². The van der Waals surface area contributed by atoms with Gasteiger partial charge in [-0.25, -0.2) is 0 Å². The van der Waals surface area contributed by atoms with E-state index in [-0.39, 0.29) is 17.1 Å². The van der Waals surface area contributed by atoms with Crippen LogP contribution in [0.2, 0.25) is 0 Å². The molecule has 2 rings (SSSR count). The van der Waals surface area contributed by atoms with E-state index in [9.17, 15) is 9.90 Å². The monoisotopic (exact) mass is 405 g/mol. The van der Waals surface area contributed by atoms with E-state index >= 15 is 0 Å². The molecule has 0 aliphatic heterocycles. The minimum Gasteiger partial charge on any atom is -0.506 e. The summed E-state index contributed by atoms with van der Waals surface area (Å²) in [5.74, 6) is -0.189. The number of aromatic hydroxyl groups is 1. The number of carbonyl (C=O) groups excluding carboxylic acids is 1. The molecule has 0 unspecified atom stereocenters. The summed E-state index contributed by atoms with van der Waals surface area (Å²) < 4.78 is 0. The van der Waals surface area contributed by atoms with Crippen LogP contribution in [0.5, 0.6) is 5.75 Å². The van der Waals surface area contributed by atoms with Crippen LogP contribution in [-0.2, 0) is 4.79 Å². The second kappa shape index (κ2) is 10.3. The zero-order chi connectivity index (χ0) is 22.3. The molecule has 0 aromatic heterocycles. The smallest absolute Gasteiger partial charge is 0.248 e. The van der Waals surface area contributed by atoms with Crippen molar-refractivity contribution >= 4 is 11.6 Å². The molecule has 1 aromatic carbocycles. The molecule has 30 heavy (non-hydrogen) atoms. The first-order valence-corrected chi connectivity index (χ1v) is 10.6. The van der Waals surface area contributed by atoms with Gasteiger partial charge in [-0.1, -0.05) is 67.5 Å². The highest BCUT2D eigenvalue weighted by molar-refractivity contribution is 6.01. The summed E-state index contributed by atoms with van der Waals surface area (Å²) in [5.41, 5.74) is 6.46. The van der Waals surface area contributed by atoms with Gasteiger partial charge < -0.3 is 10.4 Å². The van der Waals surface area contributed by atoms with Crippen LogP contribution in [0.4, 0.5) is 5.69 Å². The molecule has 0 saturated heterocycles. The second-order valence-electron chi connectivity index (χ2n) is 8.88. The van der Waals surface area contributed by atoms with E-state index in [1.165, 1.54) is 36.5 Å². The van der Waals surface area contributed by atoms with Gasteiger partial charge in [0.1, 0.15) is 5.75 Å². The van der Waals surface area contributed by atoms with E-state index in [0.717, 1.165) is 16.7 Å². The van der Waals surface area contributed by atoms with Crippen molar-refractivity contribution in [1.82, 2.24) is 0 Å². The third-order valence-electron chi connectivity index (χ3n) is 5.63. The topological polar surface area (TPSA) is 49.3 Å². The van der Waals surface area contributed by atoms with Crippen molar-refractivity contribution in [3.63, 3.8) is 0 Å². The molecule has 160 valence electrons. The number of rotatable bonds is 6. The standard InChI is InChI=1S/C27H35NO2/c1-19(15-16-23-21(3)13-9-17-27(23,5)6)10-7-11-20(2)18-25(30)28-26-22(4)12-8-14-24(26)29/h7-8,10-12,14-16,18,29H,9,13,17H2,1-6H3,(H,28,30)/b11-7+,16-15+,19-10+,20-18+. The Morgan fingerprint density at radius 1 is 1.13 bits per heavy atom. The minimum absolute atomic E-state index is 0.0711. The van der Waals surface area contributed by atoms with Crippen LogP contribution in [0.1, 0.15) is 59.4 Å². The Morgan fingerprint density at radius 3 is 2.53 bits per heavy atom. The molecule has 0 heterocycles. The summed E-state index contributed by atoms with van der Waals surface area (Å²) in [6, 6.07) is 5.16. The van der Waals surface area contributed by atoms with Crippen LogP contribution in [0.15, 0.2) is 76.9 Å². The van der Waals surface area contributed by atoms with E-state index in [1.807, 2.05) is 38.1 Å². The SMILES string of the molecule is CC1=C(/C=C/C(C)=C/C=C/C(C)=C/C(=O)Nc2c(C)cccc2O)C(C)(C)CCC1. The van der Waals surface area contributed by atoms with E-state index in [1.54, 1.807) is 12.1 Å². The number of aryl methyl sites for hydroxylation is 1. The van der Waals surface area contributed by atoms with Crippen molar-refractivity contribution in [3.8, 4) is 5.75 Å². The molecule has 0 fully saturated rings. The molecule has 0 radical (unpaired) electrons. The second-order valence-corrected chi connectivity index (χ2v) is 8.88. The summed E-state index contributed by atoms with van der Waals surface area (Å²) in [4.78, 5) is 12.2. The Balaban J connectivity index is 2.00. The summed E-state index contributed by atoms with van der Waals surface area (Å²) in [6.45, 7) is 12.7. The highest BCUT2D eigenvalue weighted by Crippen LogP contribution is 2.40. The van der Waals surface area contributed by atoms with Crippen molar-refractivity contribution in [3.05, 3.63) is 82.5 Å². The number of carbonyl (C=O) groups is 1. The minimum atomic E-state index is -0.260. The average Bonchev–Trinajstić information content (AvgIpc) is 2.64. The van der Waals surface area contributed by atoms with Crippen LogP contribution in [0, 0.1) is 12.3 Å². The lowest BCUT2D eigenvalue weighted by Crippen LogP contribution is -2.19. The first-order chi connectivity index (χ1) is 14.1. The van der Waals surface area contributed by atoms with Crippen LogP contribution in [0.3, 0.4) is 0 Å². The molecular formula is C27H35NO2. The molecular weight excluding hydrogens is 370 g/mol. The molecule has 0 saturated carbocycles. The Labute approximate surface area is 181 Å². The molecule has 1 aliphatic rings. The van der Waals surface area contributed by atoms with Crippen molar-refractivity contribution in [2.24, 2.45) is 5.41 Å². The number of hydrogen-bond acceptors (Lipinski definition) is 2. The van der Waals surface area contributed by atoms with Crippen LogP contribution < -0.4 is 5.32 Å². The number of nitrogens with one attached hydrogen (secondary N) is 1. The maximum atomic E-state index is 12.2. The van der Waals surface area contributed by atoms with Gasteiger partial charge in [0.05, 0.1) is 5.69 Å². The number of allylic oxidation sites excluding steroid dienone is 9. The van der Waals surface area contributed by atoms with Gasteiger partial charge in [-0.2, -0.15) is 0 Å². The van der Waals surface area contributed by atoms with E-state index in [2.05, 4.69) is 45.2 Å². The molecule has 2 N–H and O–H groups in total. The molecule has 0 atom stereocenters. The van der Waals surface area contributed by atoms with Gasteiger partial charge in [0.15, 0.2) is 0 Å². The Bertz CT molecular complexity index is 919. The first-order valence-electron chi connectivity index (χ1n) is 10.6. The van der Waals surface area contributed by atoms with Gasteiger partial charge in [0, 0.05) is 6.08 Å². The predicted octanol–water partition coefficient (Wildman–Crippen LogP) is 7.17. The third kappa shape index (κ3) is 6.62. The molecule has 1 aliphatic carbocycles. The highest BCUT2D eigenvalue weighted by Gasteiger charge is 2.26. The number of hydrogen-bond donors (Lipinski definition) is 2. The Kier molecular flexibility index (Phi) is 8.05. The molecule has 1 amide bonds. The maximum absolute atomic E-state index is 12.2. The van der Waals surface area contributed by atoms with Crippen molar-refractivity contribution in [1.29, 1.82) is 0 Å². The number of phenols is 1. The summed E-state index contributed by atoms with van der Waals surface area (Å²) >= 11 is 0. The van der Waals surface area contributed by atoms with Gasteiger partial charge in [-0.05, 0) is 75.1 Å². The van der Waals surface area contributed by atoms with E-state index < -0.39 is 0 Å². The van der Waals surface area contributed by atoms with Gasteiger partial charge >= 0.3 is 0 Å². The molecule has 3 nitrogen and oxygen atoms in total. The van der Waals surface area contributed by atoms with Gasteiger partial charge in [-0.3, -0.25) is 4.79 Å². The fourth-order valence-electron chi connectivity index (χ4n) is 3.86. The van der Waals surface area contributed by atoms with Gasteiger partial charge in [-0.15, -0.1) is 0 Å². The van der Waals surface area contributed by atoms with Crippen LogP contribution in [-0.4, -0.2) is 11.0 Å². The maximum Gasteiger partial charge on any atom is 0.248 e. The lowest BCUT2D eigenvalue weighted by Gasteiger charge is -2.32. The summed E-state index contributed by atoms with van der Waals surface area (Å²) in [7, 11) is 0. The largest absolute Gasteiger partial charge is 0.506 e. The van der Waals surface area contributed by atoms with Crippen molar-refractivity contribution in [2.45, 2.75) is 60.8 Å². The number of anilines is 1. The van der Waals surface area contributed by atoms with Crippen molar-refractivity contribution < 1.29 is 9.90 Å². The van der Waals surface area contributed by atoms with Crippen molar-refractivity contribution in [2.75, 3.05) is 5.32 Å². The Hall–Kier alpha value is -2.81. The van der Waals surface area contributed by atoms with Gasteiger partial charge in [0.2, 0.25) is 5.91 Å². The number of para-hydroxylation sites is 1. The lowest BCUT2D eigenvalue weighted by molar-refractivity contribution is -0.112. The van der Waals surface area contributed by atoms with Crippen LogP contribution in [0.25, 0.3) is 0 Å². The normalized spacial score (nSPS) is 17.8. The molecule has 0 bridgehead atoms. The fraction of sp³-hybridized carbons (Fsp3) is 0.370. The fourth-order valence-corrected chi connectivity index (χ4v) is 3.86. The number of amides is 1. The zero-order valence-electron chi connectivity index (χ0n) is 19.2. The summed E-state index contributed by atoms with van der Waals surface area (Å²) in [6.07, 6.45) is 15.6. The molecule has 1 aromatic rings. The molecule has 0 spiro atoms. The predicted molar refractivity (Wildman–Crippen MR) is 128 cm³/mol. The summed E-state index contributed by atoms with van der Waals surface area (Å²) in [5, 5.41) is 12.6. The quantitative estimate of drug-likeness (QED) is 0.299. The number of phenolic OH excluding ortho intramolecular Hbond substituents is 1. The van der Waals surface area contributed by atoms with E-state index in [4.69, 9.17) is 0 Å². The first kappa shape index (κ1) is 23.5. The van der Waals surface area contributed by atoms with Crippen LogP contribution >= 0.6 is 0 Å². The average molecular weight is 406 g/mol. The highest BCUT2D eigenvalue weighted by atomic mass is 16.3. The lowest BCUT2D eigenvalue weighted by atomic mass is 9.72. The number of benzene rings is 1. The third-order valence-corrected chi connectivity index (χ3v) is 5.63. The van der Waals surface area contributed by atoms with E-state index in [0.29, 0.717) is 5.69 Å². The zero-order valence-corrected chi connectivity index (χ0v) is 19.2.